The number of nitrogens with zero attached hydrogens (tertiary/aromatic N) is 4. The maximum absolute atomic E-state index is 14.3. The number of anilines is 1. The van der Waals surface area contributed by atoms with Crippen molar-refractivity contribution in [2.45, 2.75) is 0 Å². The minimum Gasteiger partial charge on any atom is -0.311 e. The molecule has 0 saturated carbocycles. The van der Waals surface area contributed by atoms with E-state index in [-0.39, 0.29) is 11.7 Å². The van der Waals surface area contributed by atoms with Crippen LogP contribution in [0.15, 0.2) is 66.9 Å². The van der Waals surface area contributed by atoms with E-state index in [9.17, 15) is 9.18 Å². The summed E-state index contributed by atoms with van der Waals surface area (Å²) in [4.78, 5) is 19.3. The summed E-state index contributed by atoms with van der Waals surface area (Å²) in [7, 11) is 3.46. The summed E-state index contributed by atoms with van der Waals surface area (Å²) in [5.74, 6) is -0.597. The normalized spacial score (nSPS) is 10.9. The van der Waals surface area contributed by atoms with Crippen molar-refractivity contribution in [1.29, 1.82) is 0 Å². The summed E-state index contributed by atoms with van der Waals surface area (Å²) in [5, 5.41) is 4.85. The standard InChI is InChI=1S/C21H17FN4O/c1-25(14-8-4-3-5-9-14)21(27)16-12-19(15-10-6-7-11-18(15)22)24-20-17(16)13-23-26(20)2/h3-13H,1-2H3. The molecular weight excluding hydrogens is 343 g/mol. The predicted molar refractivity (Wildman–Crippen MR) is 103 cm³/mol. The van der Waals surface area contributed by atoms with Gasteiger partial charge in [-0.1, -0.05) is 30.3 Å². The van der Waals surface area contributed by atoms with Crippen molar-refractivity contribution in [3.8, 4) is 11.3 Å². The molecule has 2 heterocycles. The van der Waals surface area contributed by atoms with E-state index in [2.05, 4.69) is 10.1 Å². The fourth-order valence-corrected chi connectivity index (χ4v) is 3.05. The summed E-state index contributed by atoms with van der Waals surface area (Å²) in [6.07, 6.45) is 1.61. The molecule has 0 atom stereocenters. The third-order valence-electron chi connectivity index (χ3n) is 4.53. The van der Waals surface area contributed by atoms with Crippen molar-refractivity contribution in [2.24, 2.45) is 7.05 Å². The lowest BCUT2D eigenvalue weighted by molar-refractivity contribution is 0.0994. The van der Waals surface area contributed by atoms with E-state index in [1.165, 1.54) is 6.07 Å². The Kier molecular flexibility index (Phi) is 4.16. The number of benzene rings is 2. The molecular formula is C21H17FN4O. The van der Waals surface area contributed by atoms with Gasteiger partial charge in [0.05, 0.1) is 22.8 Å². The number of hydrogen-bond acceptors (Lipinski definition) is 3. The first-order valence-corrected chi connectivity index (χ1v) is 8.47. The van der Waals surface area contributed by atoms with E-state index in [0.717, 1.165) is 5.69 Å². The van der Waals surface area contributed by atoms with Crippen molar-refractivity contribution in [1.82, 2.24) is 14.8 Å². The van der Waals surface area contributed by atoms with Crippen LogP contribution in [0.25, 0.3) is 22.3 Å². The van der Waals surface area contributed by atoms with Gasteiger partial charge in [0.25, 0.3) is 5.91 Å². The zero-order valence-electron chi connectivity index (χ0n) is 14.9. The molecule has 0 aliphatic carbocycles. The molecule has 2 aromatic carbocycles. The highest BCUT2D eigenvalue weighted by molar-refractivity contribution is 6.13. The van der Waals surface area contributed by atoms with Gasteiger partial charge in [-0.2, -0.15) is 5.10 Å². The predicted octanol–water partition coefficient (Wildman–Crippen LogP) is 4.05. The van der Waals surface area contributed by atoms with Crippen LogP contribution in [-0.2, 0) is 7.05 Å². The second-order valence-electron chi connectivity index (χ2n) is 6.24. The highest BCUT2D eigenvalue weighted by Crippen LogP contribution is 2.28. The third-order valence-corrected chi connectivity index (χ3v) is 4.53. The number of hydrogen-bond donors (Lipinski definition) is 0. The van der Waals surface area contributed by atoms with Crippen LogP contribution in [0.3, 0.4) is 0 Å². The van der Waals surface area contributed by atoms with Gasteiger partial charge in [-0.05, 0) is 30.3 Å². The van der Waals surface area contributed by atoms with E-state index in [0.29, 0.717) is 27.9 Å². The van der Waals surface area contributed by atoms with E-state index < -0.39 is 0 Å². The molecule has 134 valence electrons. The van der Waals surface area contributed by atoms with Gasteiger partial charge in [-0.15, -0.1) is 0 Å². The fourth-order valence-electron chi connectivity index (χ4n) is 3.05. The molecule has 0 radical (unpaired) electrons. The molecule has 0 aliphatic heterocycles. The van der Waals surface area contributed by atoms with Crippen LogP contribution in [-0.4, -0.2) is 27.7 Å². The number of aryl methyl sites for hydroxylation is 1. The average molecular weight is 360 g/mol. The van der Waals surface area contributed by atoms with Crippen molar-refractivity contribution in [3.05, 3.63) is 78.2 Å². The molecule has 4 rings (SSSR count). The zero-order chi connectivity index (χ0) is 19.0. The average Bonchev–Trinajstić information content (AvgIpc) is 3.08. The summed E-state index contributed by atoms with van der Waals surface area (Å²) < 4.78 is 15.9. The Hall–Kier alpha value is -3.54. The van der Waals surface area contributed by atoms with Crippen molar-refractivity contribution >= 4 is 22.6 Å². The first-order valence-electron chi connectivity index (χ1n) is 8.47. The number of para-hydroxylation sites is 1. The molecule has 0 bridgehead atoms. The minimum atomic E-state index is -0.388. The van der Waals surface area contributed by atoms with Crippen LogP contribution in [0.4, 0.5) is 10.1 Å². The first kappa shape index (κ1) is 16.9. The Morgan fingerprint density at radius 3 is 2.52 bits per heavy atom. The molecule has 0 saturated heterocycles. The van der Waals surface area contributed by atoms with Gasteiger partial charge in [0, 0.05) is 25.3 Å². The highest BCUT2D eigenvalue weighted by Gasteiger charge is 2.21. The van der Waals surface area contributed by atoms with Crippen LogP contribution < -0.4 is 4.90 Å². The maximum Gasteiger partial charge on any atom is 0.258 e. The number of amides is 1. The molecule has 0 unspecified atom stereocenters. The SMILES string of the molecule is CN(C(=O)c1cc(-c2ccccc2F)nc2c1cnn2C)c1ccccc1. The van der Waals surface area contributed by atoms with Gasteiger partial charge in [0.1, 0.15) is 5.82 Å². The molecule has 0 aliphatic rings. The number of aromatic nitrogens is 3. The van der Waals surface area contributed by atoms with Crippen LogP contribution >= 0.6 is 0 Å². The van der Waals surface area contributed by atoms with Crippen LogP contribution in [0.5, 0.6) is 0 Å². The molecule has 2 aromatic heterocycles. The molecule has 6 heteroatoms. The molecule has 27 heavy (non-hydrogen) atoms. The number of halogens is 1. The Morgan fingerprint density at radius 1 is 1.07 bits per heavy atom. The van der Waals surface area contributed by atoms with Crippen molar-refractivity contribution in [2.75, 3.05) is 11.9 Å². The van der Waals surface area contributed by atoms with Gasteiger partial charge in [-0.25, -0.2) is 9.37 Å². The maximum atomic E-state index is 14.3. The topological polar surface area (TPSA) is 51.0 Å². The monoisotopic (exact) mass is 360 g/mol. The Labute approximate surface area is 155 Å². The minimum absolute atomic E-state index is 0.209. The Balaban J connectivity index is 1.89. The second-order valence-corrected chi connectivity index (χ2v) is 6.24. The summed E-state index contributed by atoms with van der Waals surface area (Å²) >= 11 is 0. The Bertz CT molecular complexity index is 1140. The number of pyridine rings is 1. The van der Waals surface area contributed by atoms with Gasteiger partial charge in [0.15, 0.2) is 5.65 Å². The van der Waals surface area contributed by atoms with Gasteiger partial charge in [-0.3, -0.25) is 9.48 Å². The molecule has 0 spiro atoms. The lowest BCUT2D eigenvalue weighted by atomic mass is 10.1. The van der Waals surface area contributed by atoms with E-state index in [4.69, 9.17) is 0 Å². The van der Waals surface area contributed by atoms with Gasteiger partial charge >= 0.3 is 0 Å². The van der Waals surface area contributed by atoms with E-state index in [1.54, 1.807) is 54.1 Å². The van der Waals surface area contributed by atoms with Crippen LogP contribution in [0, 0.1) is 5.82 Å². The van der Waals surface area contributed by atoms with Crippen LogP contribution in [0.1, 0.15) is 10.4 Å². The highest BCUT2D eigenvalue weighted by atomic mass is 19.1. The fraction of sp³-hybridized carbons (Fsp3) is 0.0952. The summed E-state index contributed by atoms with van der Waals surface area (Å²) in [6.45, 7) is 0. The van der Waals surface area contributed by atoms with E-state index in [1.807, 2.05) is 30.3 Å². The third kappa shape index (κ3) is 2.95. The molecule has 1 amide bonds. The van der Waals surface area contributed by atoms with Gasteiger partial charge < -0.3 is 4.90 Å². The molecule has 5 nitrogen and oxygen atoms in total. The number of fused-ring (bicyclic) bond motifs is 1. The molecule has 0 N–H and O–H groups in total. The Morgan fingerprint density at radius 2 is 1.78 bits per heavy atom. The number of carbonyl (C=O) groups is 1. The summed E-state index contributed by atoms with van der Waals surface area (Å²) in [5.41, 5.74) is 2.47. The smallest absolute Gasteiger partial charge is 0.258 e. The van der Waals surface area contributed by atoms with E-state index >= 15 is 0 Å². The van der Waals surface area contributed by atoms with Crippen molar-refractivity contribution < 1.29 is 9.18 Å². The molecule has 4 aromatic rings. The summed E-state index contributed by atoms with van der Waals surface area (Å²) in [6, 6.07) is 17.4. The second kappa shape index (κ2) is 6.64. The largest absolute Gasteiger partial charge is 0.311 e. The molecule has 0 fully saturated rings. The van der Waals surface area contributed by atoms with Crippen LogP contribution in [0.2, 0.25) is 0 Å². The first-order chi connectivity index (χ1) is 13.1. The number of rotatable bonds is 3. The quantitative estimate of drug-likeness (QED) is 0.554. The zero-order valence-corrected chi connectivity index (χ0v) is 14.9. The van der Waals surface area contributed by atoms with Crippen molar-refractivity contribution in [3.63, 3.8) is 0 Å². The lowest BCUT2D eigenvalue weighted by Crippen LogP contribution is -2.26. The van der Waals surface area contributed by atoms with Gasteiger partial charge in [0.2, 0.25) is 0 Å². The number of carbonyl (C=O) groups excluding carboxylic acids is 1. The lowest BCUT2D eigenvalue weighted by Gasteiger charge is -2.18.